The third kappa shape index (κ3) is 8.22. The molecule has 9 heteroatoms. The average Bonchev–Trinajstić information content (AvgIpc) is 3.19. The van der Waals surface area contributed by atoms with Crippen LogP contribution in [0.4, 0.5) is 0 Å². The van der Waals surface area contributed by atoms with E-state index in [1.807, 2.05) is 36.4 Å². The fourth-order valence-electron chi connectivity index (χ4n) is 4.21. The number of nitrogens with zero attached hydrogens (tertiary/aromatic N) is 2. The summed E-state index contributed by atoms with van der Waals surface area (Å²) in [5, 5.41) is 0. The van der Waals surface area contributed by atoms with Crippen molar-refractivity contribution in [3.05, 3.63) is 104 Å². The van der Waals surface area contributed by atoms with E-state index < -0.39 is 11.4 Å². The predicted octanol–water partition coefficient (Wildman–Crippen LogP) is 1.87. The van der Waals surface area contributed by atoms with Crippen molar-refractivity contribution < 1.29 is 48.3 Å². The molecule has 0 spiro atoms. The van der Waals surface area contributed by atoms with E-state index in [-0.39, 0.29) is 41.7 Å². The predicted molar refractivity (Wildman–Crippen MR) is 145 cm³/mol. The van der Waals surface area contributed by atoms with Crippen LogP contribution in [0.25, 0.3) is 11.1 Å². The first-order chi connectivity index (χ1) is 18.1. The molecule has 39 heavy (non-hydrogen) atoms. The zero-order chi connectivity index (χ0) is 27.3. The van der Waals surface area contributed by atoms with E-state index >= 15 is 0 Å². The maximum absolute atomic E-state index is 11.6. The first-order valence-corrected chi connectivity index (χ1v) is 12.5. The third-order valence-electron chi connectivity index (χ3n) is 6.49. The molecule has 0 aliphatic carbocycles. The molecule has 0 saturated heterocycles. The third-order valence-corrected chi connectivity index (χ3v) is 6.49. The second-order valence-corrected chi connectivity index (χ2v) is 9.92. The van der Waals surface area contributed by atoms with Gasteiger partial charge in [-0.05, 0) is 91.4 Å². The number of ether oxygens (including phenoxy) is 3. The molecule has 0 radical (unpaired) electrons. The molecule has 1 aromatic heterocycles. The van der Waals surface area contributed by atoms with E-state index in [0.717, 1.165) is 44.7 Å². The van der Waals surface area contributed by atoms with Crippen molar-refractivity contribution >= 4 is 0 Å². The Hall–Kier alpha value is -3.04. The van der Waals surface area contributed by atoms with Crippen molar-refractivity contribution in [2.24, 2.45) is 0 Å². The Bertz CT molecular complexity index is 1480. The van der Waals surface area contributed by atoms with E-state index in [1.165, 1.54) is 5.56 Å². The van der Waals surface area contributed by atoms with E-state index in [0.29, 0.717) is 19.0 Å². The smallest absolute Gasteiger partial charge is 0.493 e. The Morgan fingerprint density at radius 3 is 2.21 bits per heavy atom. The summed E-state index contributed by atoms with van der Waals surface area (Å²) in [6, 6.07) is 19.8. The Morgan fingerprint density at radius 1 is 0.897 bits per heavy atom. The molecule has 0 unspecified atom stereocenters. The SMILES string of the molecule is COC(C)(C)CCOc1cc(C)c(-c2cccc(COc3ccc(Cn4oc(=O)[n-]c4=O)cc3)c2)c(C)c1.[Na+]. The van der Waals surface area contributed by atoms with Gasteiger partial charge in [0.05, 0.1) is 12.2 Å². The summed E-state index contributed by atoms with van der Waals surface area (Å²) >= 11 is 0. The number of hydrogen-bond acceptors (Lipinski definition) is 6. The standard InChI is InChI=1S/C30H34N2O6.Na/c1-20-15-26(36-14-13-30(3,4)35-5)16-21(2)27(20)24-8-6-7-23(17-24)19-37-25-11-9-22(10-12-25)18-32-28(33)31-29(34)38-32;/h6-12,15-17H,13-14,18-19H2,1-5H3,(H,31,33,34);/q;+1/p-1. The zero-order valence-electron chi connectivity index (χ0n) is 23.4. The van der Waals surface area contributed by atoms with Gasteiger partial charge in [0.15, 0.2) is 5.69 Å². The summed E-state index contributed by atoms with van der Waals surface area (Å²) < 4.78 is 23.2. The molecule has 0 atom stereocenters. The molecular weight excluding hydrogens is 507 g/mol. The summed E-state index contributed by atoms with van der Waals surface area (Å²) in [6.07, 6.45) is 0.803. The number of methoxy groups -OCH3 is 1. The zero-order valence-corrected chi connectivity index (χ0v) is 25.4. The van der Waals surface area contributed by atoms with Crippen molar-refractivity contribution in [2.75, 3.05) is 13.7 Å². The van der Waals surface area contributed by atoms with Gasteiger partial charge >= 0.3 is 35.3 Å². The number of aromatic nitrogens is 2. The maximum atomic E-state index is 11.6. The molecule has 0 aliphatic heterocycles. The Morgan fingerprint density at radius 2 is 1.59 bits per heavy atom. The van der Waals surface area contributed by atoms with Gasteiger partial charge in [-0.15, -0.1) is 0 Å². The molecule has 0 saturated carbocycles. The van der Waals surface area contributed by atoms with Crippen LogP contribution in [0.15, 0.2) is 74.8 Å². The number of benzene rings is 3. The minimum absolute atomic E-state index is 0. The second kappa shape index (κ2) is 13.3. The minimum Gasteiger partial charge on any atom is -0.493 e. The normalized spacial score (nSPS) is 11.2. The number of rotatable bonds is 11. The molecule has 0 fully saturated rings. The number of aryl methyl sites for hydroxylation is 2. The molecular formula is C30H33N2NaO6. The maximum Gasteiger partial charge on any atom is 1.00 e. The summed E-state index contributed by atoms with van der Waals surface area (Å²) in [5.41, 5.74) is 5.53. The second-order valence-electron chi connectivity index (χ2n) is 9.92. The van der Waals surface area contributed by atoms with Crippen LogP contribution in [-0.2, 0) is 17.9 Å². The quantitative estimate of drug-likeness (QED) is 0.268. The first kappa shape index (κ1) is 30.5. The van der Waals surface area contributed by atoms with Crippen molar-refractivity contribution in [3.8, 4) is 22.6 Å². The van der Waals surface area contributed by atoms with Crippen LogP contribution in [0.3, 0.4) is 0 Å². The van der Waals surface area contributed by atoms with Crippen molar-refractivity contribution in [1.29, 1.82) is 0 Å². The molecule has 3 aromatic carbocycles. The number of hydrogen-bond donors (Lipinski definition) is 0. The Labute approximate surface area is 250 Å². The largest absolute Gasteiger partial charge is 1.00 e. The molecule has 0 bridgehead atoms. The first-order valence-electron chi connectivity index (χ1n) is 12.5. The topological polar surface area (TPSA) is 94.0 Å². The van der Waals surface area contributed by atoms with Crippen molar-refractivity contribution in [2.45, 2.75) is 52.9 Å². The van der Waals surface area contributed by atoms with Gasteiger partial charge in [-0.2, -0.15) is 0 Å². The van der Waals surface area contributed by atoms with Gasteiger partial charge in [-0.3, -0.25) is 9.53 Å². The van der Waals surface area contributed by atoms with Gasteiger partial charge < -0.3 is 23.7 Å². The van der Waals surface area contributed by atoms with Gasteiger partial charge in [0.1, 0.15) is 18.1 Å². The van der Waals surface area contributed by atoms with Crippen LogP contribution in [0.2, 0.25) is 0 Å². The molecule has 0 aliphatic rings. The molecule has 1 heterocycles. The van der Waals surface area contributed by atoms with Crippen LogP contribution in [0, 0.1) is 13.8 Å². The Balaban J connectivity index is 0.00000420. The van der Waals surface area contributed by atoms with E-state index in [4.69, 9.17) is 18.7 Å². The fraction of sp³-hybridized carbons (Fsp3) is 0.333. The molecule has 4 rings (SSSR count). The monoisotopic (exact) mass is 540 g/mol. The van der Waals surface area contributed by atoms with Crippen LogP contribution in [0.5, 0.6) is 11.5 Å². The molecule has 0 amide bonds. The van der Waals surface area contributed by atoms with E-state index in [1.54, 1.807) is 7.11 Å². The fourth-order valence-corrected chi connectivity index (χ4v) is 4.21. The van der Waals surface area contributed by atoms with Gasteiger partial charge in [0.2, 0.25) is 0 Å². The average molecular weight is 541 g/mol. The summed E-state index contributed by atoms with van der Waals surface area (Å²) in [5.74, 6) is 0.660. The van der Waals surface area contributed by atoms with Gasteiger partial charge in [0, 0.05) is 20.1 Å². The van der Waals surface area contributed by atoms with E-state index in [2.05, 4.69) is 56.9 Å². The molecule has 0 N–H and O–H groups in total. The summed E-state index contributed by atoms with van der Waals surface area (Å²) in [4.78, 5) is 25.9. The Kier molecular flexibility index (Phi) is 10.4. The van der Waals surface area contributed by atoms with Crippen LogP contribution in [0.1, 0.15) is 42.5 Å². The van der Waals surface area contributed by atoms with Gasteiger partial charge in [-0.25, -0.2) is 4.79 Å². The van der Waals surface area contributed by atoms with Crippen molar-refractivity contribution in [1.82, 2.24) is 9.72 Å². The van der Waals surface area contributed by atoms with Crippen LogP contribution in [-0.4, -0.2) is 24.1 Å². The molecule has 200 valence electrons. The minimum atomic E-state index is -0.895. The summed E-state index contributed by atoms with van der Waals surface area (Å²) in [6.45, 7) is 9.43. The van der Waals surface area contributed by atoms with Gasteiger partial charge in [-0.1, -0.05) is 30.3 Å². The summed E-state index contributed by atoms with van der Waals surface area (Å²) in [7, 11) is 1.72. The van der Waals surface area contributed by atoms with Gasteiger partial charge in [0.25, 0.3) is 0 Å². The molecule has 8 nitrogen and oxygen atoms in total. The van der Waals surface area contributed by atoms with Crippen LogP contribution >= 0.6 is 0 Å². The van der Waals surface area contributed by atoms with Crippen molar-refractivity contribution in [3.63, 3.8) is 0 Å². The molecule has 4 aromatic rings. The van der Waals surface area contributed by atoms with Crippen LogP contribution < -0.4 is 55.5 Å². The van der Waals surface area contributed by atoms with E-state index in [9.17, 15) is 9.59 Å².